The van der Waals surface area contributed by atoms with E-state index in [1.165, 1.54) is 15.9 Å². The predicted octanol–water partition coefficient (Wildman–Crippen LogP) is 2.12. The molecule has 1 aromatic heterocycles. The van der Waals surface area contributed by atoms with Crippen molar-refractivity contribution < 1.29 is 0 Å². The number of piperazine rings is 1. The van der Waals surface area contributed by atoms with Crippen LogP contribution < -0.4 is 0 Å². The molecule has 1 aliphatic heterocycles. The molecule has 3 aromatic rings. The van der Waals surface area contributed by atoms with E-state index in [9.17, 15) is 0 Å². The average molecular weight is 348 g/mol. The van der Waals surface area contributed by atoms with Crippen molar-refractivity contribution in [3.8, 4) is 0 Å². The maximum atomic E-state index is 4.29. The fourth-order valence-electron chi connectivity index (χ4n) is 3.65. The first kappa shape index (κ1) is 16.9. The fourth-order valence-corrected chi connectivity index (χ4v) is 3.65. The Morgan fingerprint density at radius 3 is 1.92 bits per heavy atom. The molecule has 0 atom stereocenters. The van der Waals surface area contributed by atoms with Crippen LogP contribution in [0, 0.1) is 0 Å². The second-order valence-electron chi connectivity index (χ2n) is 6.73. The van der Waals surface area contributed by atoms with Crippen LogP contribution in [0.25, 0.3) is 0 Å². The lowest BCUT2D eigenvalue weighted by Crippen LogP contribution is -2.47. The van der Waals surface area contributed by atoms with Crippen molar-refractivity contribution in [2.75, 3.05) is 26.2 Å². The largest absolute Gasteiger partial charge is 0.293 e. The second kappa shape index (κ2) is 7.76. The number of tetrazole rings is 1. The van der Waals surface area contributed by atoms with Crippen LogP contribution in [0.3, 0.4) is 0 Å². The van der Waals surface area contributed by atoms with Gasteiger partial charge in [-0.25, -0.2) is 0 Å². The summed E-state index contributed by atoms with van der Waals surface area (Å²) in [5.41, 5.74) is 2.70. The highest BCUT2D eigenvalue weighted by atomic mass is 15.6. The number of aryl methyl sites for hydroxylation is 1. The Labute approximate surface area is 154 Å². The Morgan fingerprint density at radius 2 is 1.42 bits per heavy atom. The third-order valence-electron chi connectivity index (χ3n) is 4.92. The van der Waals surface area contributed by atoms with Gasteiger partial charge >= 0.3 is 0 Å². The molecule has 1 fully saturated rings. The van der Waals surface area contributed by atoms with Gasteiger partial charge in [-0.2, -0.15) is 4.80 Å². The number of hydrogen-bond acceptors (Lipinski definition) is 5. The summed E-state index contributed by atoms with van der Waals surface area (Å²) < 4.78 is 0. The van der Waals surface area contributed by atoms with Crippen molar-refractivity contribution in [1.29, 1.82) is 0 Å². The molecule has 6 nitrogen and oxygen atoms in total. The molecule has 0 unspecified atom stereocenters. The summed E-state index contributed by atoms with van der Waals surface area (Å²) in [6.45, 7) is 4.83. The minimum absolute atomic E-state index is 0.300. The fraction of sp³-hybridized carbons (Fsp3) is 0.350. The molecule has 4 rings (SSSR count). The standard InChI is InChI=1S/C20H24N6/c1-24-22-19(21-23-24)16-25-12-14-26(15-13-25)20(17-8-4-2-5-9-17)18-10-6-3-7-11-18/h2-11,20H,12-16H2,1H3. The molecule has 0 bridgehead atoms. The van der Waals surface area contributed by atoms with Crippen LogP contribution in [-0.2, 0) is 13.6 Å². The second-order valence-corrected chi connectivity index (χ2v) is 6.73. The van der Waals surface area contributed by atoms with Gasteiger partial charge in [0.1, 0.15) is 0 Å². The zero-order chi connectivity index (χ0) is 17.8. The SMILES string of the molecule is Cn1nnc(CN2CCN(C(c3ccccc3)c3ccccc3)CC2)n1. The van der Waals surface area contributed by atoms with Gasteiger partial charge in [-0.1, -0.05) is 60.7 Å². The molecule has 0 aliphatic carbocycles. The molecule has 6 heteroatoms. The lowest BCUT2D eigenvalue weighted by atomic mass is 9.96. The monoisotopic (exact) mass is 348 g/mol. The van der Waals surface area contributed by atoms with Crippen LogP contribution in [0.1, 0.15) is 23.0 Å². The number of aromatic nitrogens is 4. The van der Waals surface area contributed by atoms with Crippen molar-refractivity contribution in [2.45, 2.75) is 12.6 Å². The maximum absolute atomic E-state index is 4.29. The topological polar surface area (TPSA) is 50.1 Å². The van der Waals surface area contributed by atoms with E-state index in [1.54, 1.807) is 7.05 Å². The summed E-state index contributed by atoms with van der Waals surface area (Å²) >= 11 is 0. The Kier molecular flexibility index (Phi) is 5.04. The van der Waals surface area contributed by atoms with Gasteiger partial charge < -0.3 is 0 Å². The minimum atomic E-state index is 0.300. The van der Waals surface area contributed by atoms with Crippen molar-refractivity contribution in [3.63, 3.8) is 0 Å². The zero-order valence-corrected chi connectivity index (χ0v) is 15.1. The van der Waals surface area contributed by atoms with Crippen LogP contribution >= 0.6 is 0 Å². The molecule has 134 valence electrons. The first-order chi connectivity index (χ1) is 12.8. The highest BCUT2D eigenvalue weighted by Gasteiger charge is 2.26. The number of rotatable bonds is 5. The van der Waals surface area contributed by atoms with E-state index < -0.39 is 0 Å². The molecule has 0 N–H and O–H groups in total. The molecule has 0 amide bonds. The number of hydrogen-bond donors (Lipinski definition) is 0. The summed E-state index contributed by atoms with van der Waals surface area (Å²) in [4.78, 5) is 6.50. The van der Waals surface area contributed by atoms with Gasteiger partial charge in [0, 0.05) is 26.2 Å². The lowest BCUT2D eigenvalue weighted by molar-refractivity contribution is 0.103. The van der Waals surface area contributed by atoms with Crippen LogP contribution in [0.15, 0.2) is 60.7 Å². The van der Waals surface area contributed by atoms with E-state index in [-0.39, 0.29) is 0 Å². The van der Waals surface area contributed by atoms with Crippen molar-refractivity contribution >= 4 is 0 Å². The molecule has 0 saturated carbocycles. The lowest BCUT2D eigenvalue weighted by Gasteiger charge is -2.39. The van der Waals surface area contributed by atoms with Gasteiger partial charge in [-0.05, 0) is 16.3 Å². The smallest absolute Gasteiger partial charge is 0.188 e. The summed E-state index contributed by atoms with van der Waals surface area (Å²) in [7, 11) is 1.80. The molecule has 0 radical (unpaired) electrons. The predicted molar refractivity (Wildman–Crippen MR) is 100 cm³/mol. The summed E-state index contributed by atoms with van der Waals surface area (Å²) in [6, 6.07) is 21.9. The summed E-state index contributed by atoms with van der Waals surface area (Å²) in [5, 5.41) is 12.3. The molecule has 0 spiro atoms. The Balaban J connectivity index is 1.48. The van der Waals surface area contributed by atoms with Crippen LogP contribution in [0.5, 0.6) is 0 Å². The van der Waals surface area contributed by atoms with E-state index in [0.717, 1.165) is 38.5 Å². The van der Waals surface area contributed by atoms with Gasteiger partial charge in [0.2, 0.25) is 0 Å². The van der Waals surface area contributed by atoms with Crippen LogP contribution in [0.2, 0.25) is 0 Å². The van der Waals surface area contributed by atoms with Gasteiger partial charge in [-0.3, -0.25) is 9.80 Å². The molecule has 1 saturated heterocycles. The Morgan fingerprint density at radius 1 is 0.846 bits per heavy atom. The zero-order valence-electron chi connectivity index (χ0n) is 15.1. The Bertz CT molecular complexity index is 769. The average Bonchev–Trinajstić information content (AvgIpc) is 3.10. The first-order valence-electron chi connectivity index (χ1n) is 9.09. The number of nitrogens with zero attached hydrogens (tertiary/aromatic N) is 6. The van der Waals surface area contributed by atoms with Gasteiger partial charge in [0.15, 0.2) is 5.82 Å². The highest BCUT2D eigenvalue weighted by Crippen LogP contribution is 2.29. The minimum Gasteiger partial charge on any atom is -0.293 e. The third kappa shape index (κ3) is 3.81. The quantitative estimate of drug-likeness (QED) is 0.707. The van der Waals surface area contributed by atoms with Crippen LogP contribution in [-0.4, -0.2) is 56.2 Å². The maximum Gasteiger partial charge on any atom is 0.188 e. The molecule has 26 heavy (non-hydrogen) atoms. The van der Waals surface area contributed by atoms with Gasteiger partial charge in [-0.15, -0.1) is 10.2 Å². The summed E-state index contributed by atoms with van der Waals surface area (Å²) in [6.07, 6.45) is 0. The van der Waals surface area contributed by atoms with Crippen LogP contribution in [0.4, 0.5) is 0 Å². The van der Waals surface area contributed by atoms with Gasteiger partial charge in [0.25, 0.3) is 0 Å². The van der Waals surface area contributed by atoms with E-state index in [2.05, 4.69) is 85.9 Å². The van der Waals surface area contributed by atoms with Gasteiger partial charge in [0.05, 0.1) is 19.6 Å². The molecule has 2 aromatic carbocycles. The molecular weight excluding hydrogens is 324 g/mol. The van der Waals surface area contributed by atoms with E-state index >= 15 is 0 Å². The third-order valence-corrected chi connectivity index (χ3v) is 4.92. The van der Waals surface area contributed by atoms with Crippen molar-refractivity contribution in [1.82, 2.24) is 30.0 Å². The van der Waals surface area contributed by atoms with Crippen molar-refractivity contribution in [2.24, 2.45) is 7.05 Å². The normalized spacial score (nSPS) is 16.2. The summed E-state index contributed by atoms with van der Waals surface area (Å²) in [5.74, 6) is 0.795. The molecule has 1 aliphatic rings. The Hall–Kier alpha value is -2.57. The molecular formula is C20H24N6. The first-order valence-corrected chi connectivity index (χ1v) is 9.09. The highest BCUT2D eigenvalue weighted by molar-refractivity contribution is 5.31. The molecule has 2 heterocycles. The van der Waals surface area contributed by atoms with E-state index in [4.69, 9.17) is 0 Å². The number of benzene rings is 2. The van der Waals surface area contributed by atoms with E-state index in [1.807, 2.05) is 0 Å². The van der Waals surface area contributed by atoms with E-state index in [0.29, 0.717) is 6.04 Å². The van der Waals surface area contributed by atoms with Crippen molar-refractivity contribution in [3.05, 3.63) is 77.6 Å².